The Morgan fingerprint density at radius 1 is 1.35 bits per heavy atom. The van der Waals surface area contributed by atoms with Crippen LogP contribution in [0.15, 0.2) is 44.6 Å². The third kappa shape index (κ3) is 3.20. The van der Waals surface area contributed by atoms with Crippen LogP contribution in [-0.4, -0.2) is 31.8 Å². The molecular formula is C12H14BrN3O3S. The van der Waals surface area contributed by atoms with E-state index in [1.54, 1.807) is 18.3 Å². The first-order valence-electron chi connectivity index (χ1n) is 5.77. The van der Waals surface area contributed by atoms with Crippen molar-refractivity contribution in [2.45, 2.75) is 11.6 Å². The number of sulfonamides is 1. The molecule has 0 bridgehead atoms. The summed E-state index contributed by atoms with van der Waals surface area (Å²) in [6, 6.07) is 6.74. The lowest BCUT2D eigenvalue weighted by molar-refractivity contribution is 0.402. The minimum Gasteiger partial charge on any atom is -0.446 e. The number of furan rings is 1. The van der Waals surface area contributed by atoms with E-state index in [2.05, 4.69) is 26.2 Å². The lowest BCUT2D eigenvalue weighted by atomic mass is 10.4. The van der Waals surface area contributed by atoms with Crippen molar-refractivity contribution in [2.24, 2.45) is 0 Å². The fourth-order valence-electron chi connectivity index (χ4n) is 1.47. The van der Waals surface area contributed by atoms with Gasteiger partial charge in [-0.15, -0.1) is 0 Å². The Bertz CT molecular complexity index is 697. The zero-order valence-corrected chi connectivity index (χ0v) is 13.4. The molecule has 2 aromatic rings. The first-order valence-corrected chi connectivity index (χ1v) is 8.00. The zero-order valence-electron chi connectivity index (χ0n) is 11.0. The molecule has 0 aromatic carbocycles. The summed E-state index contributed by atoms with van der Waals surface area (Å²) in [6.45, 7) is 0.368. The number of pyridine rings is 1. The molecule has 1 N–H and O–H groups in total. The Kier molecular flexibility index (Phi) is 4.46. The Labute approximate surface area is 126 Å². The second-order valence-corrected chi connectivity index (χ2v) is 7.04. The Morgan fingerprint density at radius 2 is 2.10 bits per heavy atom. The first kappa shape index (κ1) is 15.0. The minimum absolute atomic E-state index is 0.0652. The lowest BCUT2D eigenvalue weighted by Gasteiger charge is -2.08. The number of hydrogen-bond donors (Lipinski definition) is 1. The van der Waals surface area contributed by atoms with Gasteiger partial charge in [0.1, 0.15) is 10.4 Å². The number of nitrogens with one attached hydrogen (secondary N) is 1. The van der Waals surface area contributed by atoms with Gasteiger partial charge in [0.2, 0.25) is 5.09 Å². The van der Waals surface area contributed by atoms with Crippen molar-refractivity contribution in [3.05, 3.63) is 40.8 Å². The molecule has 20 heavy (non-hydrogen) atoms. The zero-order chi connectivity index (χ0) is 14.8. The summed E-state index contributed by atoms with van der Waals surface area (Å²) in [5.41, 5.74) is 0.806. The van der Waals surface area contributed by atoms with Crippen LogP contribution >= 0.6 is 15.9 Å². The van der Waals surface area contributed by atoms with E-state index in [1.807, 2.05) is 6.07 Å². The lowest BCUT2D eigenvalue weighted by Crippen LogP contribution is -2.21. The molecule has 8 heteroatoms. The number of anilines is 1. The summed E-state index contributed by atoms with van der Waals surface area (Å²) >= 11 is 3.32. The van der Waals surface area contributed by atoms with Crippen LogP contribution in [0.2, 0.25) is 0 Å². The Balaban J connectivity index is 2.10. The van der Waals surface area contributed by atoms with Crippen LogP contribution in [0.4, 0.5) is 5.69 Å². The highest BCUT2D eigenvalue weighted by Crippen LogP contribution is 2.21. The van der Waals surface area contributed by atoms with Crippen molar-refractivity contribution in [3.63, 3.8) is 0 Å². The molecule has 0 amide bonds. The number of hydrogen-bond acceptors (Lipinski definition) is 5. The summed E-state index contributed by atoms with van der Waals surface area (Å²) in [5.74, 6) is 0.529. The van der Waals surface area contributed by atoms with Gasteiger partial charge in [-0.25, -0.2) is 17.7 Å². The van der Waals surface area contributed by atoms with Gasteiger partial charge >= 0.3 is 0 Å². The predicted octanol–water partition coefficient (Wildman–Crippen LogP) is 2.30. The fourth-order valence-corrected chi connectivity index (χ4v) is 2.67. The summed E-state index contributed by atoms with van der Waals surface area (Å²) < 4.78 is 30.9. The number of rotatable bonds is 5. The standard InChI is InChI=1S/C12H14BrN3O3S/c1-16(2)20(17,18)11-6-5-9(19-11)8-15-10-4-3-7-14-12(10)13/h3-7,15H,8H2,1-2H3. The van der Waals surface area contributed by atoms with Crippen LogP contribution in [0.25, 0.3) is 0 Å². The summed E-state index contributed by atoms with van der Waals surface area (Å²) in [7, 11) is -0.608. The van der Waals surface area contributed by atoms with E-state index in [0.29, 0.717) is 16.9 Å². The van der Waals surface area contributed by atoms with Gasteiger partial charge in [0, 0.05) is 20.3 Å². The molecule has 0 saturated carbocycles. The van der Waals surface area contributed by atoms with Gasteiger partial charge in [0.05, 0.1) is 12.2 Å². The molecule has 0 atom stereocenters. The molecule has 0 aliphatic carbocycles. The molecule has 2 aromatic heterocycles. The van der Waals surface area contributed by atoms with Crippen LogP contribution in [0, 0.1) is 0 Å². The molecule has 6 nitrogen and oxygen atoms in total. The van der Waals surface area contributed by atoms with Gasteiger partial charge in [-0.3, -0.25) is 0 Å². The highest BCUT2D eigenvalue weighted by atomic mass is 79.9. The van der Waals surface area contributed by atoms with Gasteiger partial charge in [-0.2, -0.15) is 0 Å². The van der Waals surface area contributed by atoms with Crippen molar-refractivity contribution >= 4 is 31.6 Å². The van der Waals surface area contributed by atoms with E-state index in [9.17, 15) is 8.42 Å². The molecular weight excluding hydrogens is 346 g/mol. The third-order valence-electron chi connectivity index (χ3n) is 2.58. The van der Waals surface area contributed by atoms with Gasteiger partial charge in [0.15, 0.2) is 0 Å². The van der Waals surface area contributed by atoms with Crippen LogP contribution in [0.5, 0.6) is 0 Å². The van der Waals surface area contributed by atoms with E-state index in [-0.39, 0.29) is 5.09 Å². The number of halogens is 1. The highest BCUT2D eigenvalue weighted by molar-refractivity contribution is 9.10. The Hall–Kier alpha value is -1.38. The molecule has 0 fully saturated rings. The van der Waals surface area contributed by atoms with E-state index in [1.165, 1.54) is 20.2 Å². The average Bonchev–Trinajstić information content (AvgIpc) is 2.87. The third-order valence-corrected chi connectivity index (χ3v) is 4.91. The molecule has 0 aliphatic heterocycles. The van der Waals surface area contributed by atoms with Crippen LogP contribution in [0.1, 0.15) is 5.76 Å². The maximum atomic E-state index is 11.9. The Morgan fingerprint density at radius 3 is 2.75 bits per heavy atom. The largest absolute Gasteiger partial charge is 0.446 e. The van der Waals surface area contributed by atoms with Gasteiger partial charge in [-0.1, -0.05) is 0 Å². The topological polar surface area (TPSA) is 75.4 Å². The van der Waals surface area contributed by atoms with Gasteiger partial charge < -0.3 is 9.73 Å². The molecule has 0 spiro atoms. The number of aromatic nitrogens is 1. The van der Waals surface area contributed by atoms with E-state index < -0.39 is 10.0 Å². The second kappa shape index (κ2) is 5.94. The van der Waals surface area contributed by atoms with E-state index in [4.69, 9.17) is 4.42 Å². The van der Waals surface area contributed by atoms with E-state index in [0.717, 1.165) is 9.99 Å². The molecule has 0 aliphatic rings. The summed E-state index contributed by atoms with van der Waals surface area (Å²) in [6.07, 6.45) is 1.67. The normalized spacial score (nSPS) is 11.8. The molecule has 2 rings (SSSR count). The SMILES string of the molecule is CN(C)S(=O)(=O)c1ccc(CNc2cccnc2Br)o1. The maximum Gasteiger partial charge on any atom is 0.275 e. The van der Waals surface area contributed by atoms with Crippen molar-refractivity contribution in [2.75, 3.05) is 19.4 Å². The average molecular weight is 360 g/mol. The molecule has 0 radical (unpaired) electrons. The second-order valence-electron chi connectivity index (χ2n) is 4.20. The molecule has 0 unspecified atom stereocenters. The smallest absolute Gasteiger partial charge is 0.275 e. The van der Waals surface area contributed by atoms with Gasteiger partial charge in [-0.05, 0) is 40.2 Å². The fraction of sp³-hybridized carbons (Fsp3) is 0.250. The molecule has 108 valence electrons. The van der Waals surface area contributed by atoms with Crippen LogP contribution in [0.3, 0.4) is 0 Å². The van der Waals surface area contributed by atoms with Gasteiger partial charge in [0.25, 0.3) is 10.0 Å². The quantitative estimate of drug-likeness (QED) is 0.829. The number of nitrogens with zero attached hydrogens (tertiary/aromatic N) is 2. The molecule has 2 heterocycles. The highest BCUT2D eigenvalue weighted by Gasteiger charge is 2.21. The molecule has 0 saturated heterocycles. The van der Waals surface area contributed by atoms with Crippen molar-refractivity contribution in [1.82, 2.24) is 9.29 Å². The van der Waals surface area contributed by atoms with Crippen molar-refractivity contribution < 1.29 is 12.8 Å². The van der Waals surface area contributed by atoms with Crippen LogP contribution in [-0.2, 0) is 16.6 Å². The van der Waals surface area contributed by atoms with Crippen molar-refractivity contribution in [3.8, 4) is 0 Å². The first-order chi connectivity index (χ1) is 9.41. The monoisotopic (exact) mass is 359 g/mol. The van der Waals surface area contributed by atoms with Crippen LogP contribution < -0.4 is 5.32 Å². The summed E-state index contributed by atoms with van der Waals surface area (Å²) in [4.78, 5) is 4.08. The van der Waals surface area contributed by atoms with E-state index >= 15 is 0 Å². The van der Waals surface area contributed by atoms with Crippen molar-refractivity contribution in [1.29, 1.82) is 0 Å². The predicted molar refractivity (Wildman–Crippen MR) is 78.8 cm³/mol. The summed E-state index contributed by atoms with van der Waals surface area (Å²) in [5, 5.41) is 3.05. The minimum atomic E-state index is -3.53. The maximum absolute atomic E-state index is 11.9.